The third kappa shape index (κ3) is 4.89. The van der Waals surface area contributed by atoms with E-state index in [9.17, 15) is 13.2 Å². The number of aryl methyl sites for hydroxylation is 1. The summed E-state index contributed by atoms with van der Waals surface area (Å²) < 4.78 is 37.0. The lowest BCUT2D eigenvalue weighted by molar-refractivity contribution is 0.0480. The molecule has 3 aromatic rings. The molecule has 0 N–H and O–H groups in total. The molecule has 2 heterocycles. The number of hydrogen-bond acceptors (Lipinski definition) is 5. The average molecular weight is 440 g/mol. The molecule has 0 aliphatic carbocycles. The number of nitrogens with zero attached hydrogens (tertiary/aromatic N) is 1. The standard InChI is InChI=1S/C24H25NO5S/c1-18-9-11-21(12-10-18)31(27,28)23-14-13-22(30-23)24(26)25(17-20-8-5-15-29-20)16-19-6-3-2-4-7-19/h2-4,6-7,9-14,20H,5,8,15-17H2,1H3. The van der Waals surface area contributed by atoms with Crippen molar-refractivity contribution in [2.45, 2.75) is 42.4 Å². The van der Waals surface area contributed by atoms with Crippen LogP contribution in [-0.2, 0) is 21.1 Å². The van der Waals surface area contributed by atoms with Gasteiger partial charge in [-0.05, 0) is 49.6 Å². The van der Waals surface area contributed by atoms with Gasteiger partial charge in [0.05, 0.1) is 11.0 Å². The lowest BCUT2D eigenvalue weighted by atomic mass is 10.1. The Morgan fingerprint density at radius 1 is 1.03 bits per heavy atom. The van der Waals surface area contributed by atoms with Crippen LogP contribution in [0, 0.1) is 6.92 Å². The molecular weight excluding hydrogens is 414 g/mol. The summed E-state index contributed by atoms with van der Waals surface area (Å²) >= 11 is 0. The third-order valence-corrected chi connectivity index (χ3v) is 6.98. The van der Waals surface area contributed by atoms with Gasteiger partial charge >= 0.3 is 0 Å². The van der Waals surface area contributed by atoms with Crippen molar-refractivity contribution in [2.75, 3.05) is 13.2 Å². The average Bonchev–Trinajstić information content (AvgIpc) is 3.46. The normalized spacial score (nSPS) is 16.4. The van der Waals surface area contributed by atoms with Gasteiger partial charge in [-0.2, -0.15) is 0 Å². The van der Waals surface area contributed by atoms with Crippen molar-refractivity contribution < 1.29 is 22.4 Å². The SMILES string of the molecule is Cc1ccc(S(=O)(=O)c2ccc(C(=O)N(Cc3ccccc3)CC3CCCO3)o2)cc1. The first-order chi connectivity index (χ1) is 14.9. The monoisotopic (exact) mass is 439 g/mol. The highest BCUT2D eigenvalue weighted by Gasteiger charge is 2.28. The highest BCUT2D eigenvalue weighted by atomic mass is 32.2. The van der Waals surface area contributed by atoms with Crippen LogP contribution in [0.5, 0.6) is 0 Å². The molecule has 1 aliphatic heterocycles. The highest BCUT2D eigenvalue weighted by Crippen LogP contribution is 2.25. The molecule has 4 rings (SSSR count). The molecule has 7 heteroatoms. The number of rotatable bonds is 7. The van der Waals surface area contributed by atoms with E-state index in [0.29, 0.717) is 19.7 Å². The fourth-order valence-corrected chi connectivity index (χ4v) is 4.80. The summed E-state index contributed by atoms with van der Waals surface area (Å²) in [6, 6.07) is 19.0. The molecule has 0 bridgehead atoms. The van der Waals surface area contributed by atoms with Crippen LogP contribution in [0.25, 0.3) is 0 Å². The Hall–Kier alpha value is -2.90. The predicted molar refractivity (Wildman–Crippen MR) is 115 cm³/mol. The first-order valence-corrected chi connectivity index (χ1v) is 11.8. The quantitative estimate of drug-likeness (QED) is 0.550. The summed E-state index contributed by atoms with van der Waals surface area (Å²) in [7, 11) is -3.84. The number of hydrogen-bond donors (Lipinski definition) is 0. The van der Waals surface area contributed by atoms with Crippen LogP contribution in [0.15, 0.2) is 81.1 Å². The topological polar surface area (TPSA) is 76.8 Å². The molecule has 1 saturated heterocycles. The molecule has 6 nitrogen and oxygen atoms in total. The second kappa shape index (κ2) is 9.08. The van der Waals surface area contributed by atoms with Gasteiger partial charge in [0.15, 0.2) is 5.76 Å². The minimum atomic E-state index is -3.84. The smallest absolute Gasteiger partial charge is 0.290 e. The second-order valence-electron chi connectivity index (χ2n) is 7.74. The van der Waals surface area contributed by atoms with Crippen molar-refractivity contribution in [2.24, 2.45) is 0 Å². The number of amides is 1. The van der Waals surface area contributed by atoms with E-state index >= 15 is 0 Å². The Bertz CT molecular complexity index is 1130. The fourth-order valence-electron chi connectivity index (χ4n) is 3.63. The Labute approximate surface area is 182 Å². The molecule has 1 atom stereocenters. The zero-order chi connectivity index (χ0) is 21.8. The van der Waals surface area contributed by atoms with Crippen LogP contribution in [0.4, 0.5) is 0 Å². The molecule has 1 fully saturated rings. The molecular formula is C24H25NO5S. The first kappa shape index (κ1) is 21.3. The zero-order valence-electron chi connectivity index (χ0n) is 17.4. The van der Waals surface area contributed by atoms with Crippen LogP contribution in [0.3, 0.4) is 0 Å². The Morgan fingerprint density at radius 2 is 1.77 bits per heavy atom. The van der Waals surface area contributed by atoms with Gasteiger partial charge in [0, 0.05) is 19.7 Å². The molecule has 0 spiro atoms. The molecule has 1 aliphatic rings. The highest BCUT2D eigenvalue weighted by molar-refractivity contribution is 7.91. The first-order valence-electron chi connectivity index (χ1n) is 10.3. The molecule has 1 amide bonds. The van der Waals surface area contributed by atoms with Gasteiger partial charge in [-0.15, -0.1) is 0 Å². The van der Waals surface area contributed by atoms with Gasteiger partial charge in [-0.3, -0.25) is 4.79 Å². The van der Waals surface area contributed by atoms with Crippen molar-refractivity contribution in [3.63, 3.8) is 0 Å². The molecule has 1 aromatic heterocycles. The number of furan rings is 1. The lowest BCUT2D eigenvalue weighted by Gasteiger charge is -2.24. The summed E-state index contributed by atoms with van der Waals surface area (Å²) in [4.78, 5) is 15.0. The van der Waals surface area contributed by atoms with E-state index in [4.69, 9.17) is 9.15 Å². The number of carbonyl (C=O) groups excluding carboxylic acids is 1. The van der Waals surface area contributed by atoms with Crippen LogP contribution >= 0.6 is 0 Å². The maximum atomic E-state index is 13.2. The largest absolute Gasteiger partial charge is 0.439 e. The van der Waals surface area contributed by atoms with E-state index in [1.807, 2.05) is 37.3 Å². The van der Waals surface area contributed by atoms with Crippen LogP contribution in [0.1, 0.15) is 34.5 Å². The van der Waals surface area contributed by atoms with Gasteiger partial charge in [0.25, 0.3) is 5.91 Å². The number of benzene rings is 2. The minimum absolute atomic E-state index is 0.000357. The van der Waals surface area contributed by atoms with Gasteiger partial charge in [0.2, 0.25) is 14.9 Å². The third-order valence-electron chi connectivity index (χ3n) is 5.34. The van der Waals surface area contributed by atoms with E-state index in [2.05, 4.69) is 0 Å². The number of carbonyl (C=O) groups is 1. The summed E-state index contributed by atoms with van der Waals surface area (Å²) in [5.74, 6) is -0.357. The van der Waals surface area contributed by atoms with Crippen LogP contribution in [0.2, 0.25) is 0 Å². The number of sulfone groups is 1. The van der Waals surface area contributed by atoms with E-state index in [0.717, 1.165) is 24.0 Å². The Kier molecular flexibility index (Phi) is 6.25. The maximum absolute atomic E-state index is 13.2. The number of ether oxygens (including phenoxy) is 1. The van der Waals surface area contributed by atoms with Crippen molar-refractivity contribution in [3.05, 3.63) is 83.6 Å². The Morgan fingerprint density at radius 3 is 2.45 bits per heavy atom. The van der Waals surface area contributed by atoms with E-state index in [-0.39, 0.29) is 27.8 Å². The molecule has 0 saturated carbocycles. The van der Waals surface area contributed by atoms with Gasteiger partial charge in [-0.25, -0.2) is 8.42 Å². The molecule has 31 heavy (non-hydrogen) atoms. The lowest BCUT2D eigenvalue weighted by Crippen LogP contribution is -2.36. The minimum Gasteiger partial charge on any atom is -0.439 e. The zero-order valence-corrected chi connectivity index (χ0v) is 18.2. The molecule has 162 valence electrons. The second-order valence-corrected chi connectivity index (χ2v) is 9.62. The predicted octanol–water partition coefficient (Wildman–Crippen LogP) is 4.24. The van der Waals surface area contributed by atoms with E-state index in [1.54, 1.807) is 17.0 Å². The fraction of sp³-hybridized carbons (Fsp3) is 0.292. The molecule has 0 radical (unpaired) electrons. The van der Waals surface area contributed by atoms with Crippen LogP contribution in [-0.4, -0.2) is 38.5 Å². The van der Waals surface area contributed by atoms with Gasteiger partial charge < -0.3 is 14.1 Å². The summed E-state index contributed by atoms with van der Waals surface area (Å²) in [6.07, 6.45) is 1.83. The van der Waals surface area contributed by atoms with E-state index < -0.39 is 9.84 Å². The molecule has 2 aromatic carbocycles. The molecule has 1 unspecified atom stereocenters. The van der Waals surface area contributed by atoms with E-state index in [1.165, 1.54) is 24.3 Å². The maximum Gasteiger partial charge on any atom is 0.290 e. The van der Waals surface area contributed by atoms with Crippen molar-refractivity contribution in [1.82, 2.24) is 4.90 Å². The van der Waals surface area contributed by atoms with Gasteiger partial charge in [0.1, 0.15) is 0 Å². The Balaban J connectivity index is 1.58. The van der Waals surface area contributed by atoms with Crippen molar-refractivity contribution in [3.8, 4) is 0 Å². The summed E-state index contributed by atoms with van der Waals surface area (Å²) in [6.45, 7) is 3.39. The van der Waals surface area contributed by atoms with Gasteiger partial charge in [-0.1, -0.05) is 48.0 Å². The van der Waals surface area contributed by atoms with Crippen molar-refractivity contribution >= 4 is 15.7 Å². The summed E-state index contributed by atoms with van der Waals surface area (Å²) in [5.41, 5.74) is 1.94. The van der Waals surface area contributed by atoms with Crippen LogP contribution < -0.4 is 0 Å². The summed E-state index contributed by atoms with van der Waals surface area (Å²) in [5, 5.41) is -0.239. The van der Waals surface area contributed by atoms with Crippen molar-refractivity contribution in [1.29, 1.82) is 0 Å².